The van der Waals surface area contributed by atoms with Crippen LogP contribution in [0.2, 0.25) is 0 Å². The number of fused-ring (bicyclic) bond motifs is 6. The third kappa shape index (κ3) is 2.94. The van der Waals surface area contributed by atoms with Crippen LogP contribution in [0.3, 0.4) is 0 Å². The number of hydrogen-bond donors (Lipinski definition) is 1. The van der Waals surface area contributed by atoms with E-state index in [9.17, 15) is 18.0 Å². The summed E-state index contributed by atoms with van der Waals surface area (Å²) in [6.07, 6.45) is -4.58. The number of rotatable bonds is 1. The zero-order chi connectivity index (χ0) is 22.7. The Hall–Kier alpha value is -4.06. The molecule has 6 rings (SSSR count). The molecule has 1 aromatic heterocycles. The molecule has 0 saturated heterocycles. The third-order valence-corrected chi connectivity index (χ3v) is 6.23. The first kappa shape index (κ1) is 19.6. The lowest BCUT2D eigenvalue weighted by Crippen LogP contribution is -2.24. The molecule has 0 amide bonds. The summed E-state index contributed by atoms with van der Waals surface area (Å²) in [4.78, 5) is 13.3. The molecule has 0 fully saturated rings. The number of alkyl halides is 3. The minimum absolute atomic E-state index is 0.0212. The highest BCUT2D eigenvalue weighted by atomic mass is 19.4. The Morgan fingerprint density at radius 1 is 0.758 bits per heavy atom. The average Bonchev–Trinajstić information content (AvgIpc) is 2.82. The van der Waals surface area contributed by atoms with Gasteiger partial charge < -0.3 is 9.73 Å². The quantitative estimate of drug-likeness (QED) is 0.273. The van der Waals surface area contributed by atoms with Crippen molar-refractivity contribution in [3.8, 4) is 0 Å². The molecule has 0 bridgehead atoms. The molecule has 1 aliphatic rings. The largest absolute Gasteiger partial charge is 0.422 e. The van der Waals surface area contributed by atoms with E-state index in [1.165, 1.54) is 12.1 Å². The topological polar surface area (TPSA) is 42.2 Å². The van der Waals surface area contributed by atoms with Crippen molar-refractivity contribution in [3.05, 3.63) is 118 Å². The Kier molecular flexibility index (Phi) is 4.14. The van der Waals surface area contributed by atoms with E-state index in [4.69, 9.17) is 4.42 Å². The van der Waals surface area contributed by atoms with Crippen LogP contribution in [0.5, 0.6) is 0 Å². The zero-order valence-corrected chi connectivity index (χ0v) is 17.1. The van der Waals surface area contributed by atoms with Crippen LogP contribution >= 0.6 is 0 Å². The van der Waals surface area contributed by atoms with Gasteiger partial charge in [-0.1, -0.05) is 60.7 Å². The van der Waals surface area contributed by atoms with Gasteiger partial charge in [-0.15, -0.1) is 0 Å². The number of hydrogen-bond acceptors (Lipinski definition) is 3. The van der Waals surface area contributed by atoms with Gasteiger partial charge in [0.15, 0.2) is 0 Å². The molecular weight excluding hydrogens is 427 g/mol. The van der Waals surface area contributed by atoms with Crippen molar-refractivity contribution in [1.82, 2.24) is 0 Å². The molecule has 1 unspecified atom stereocenters. The molecule has 1 N–H and O–H groups in total. The van der Waals surface area contributed by atoms with Crippen molar-refractivity contribution in [2.24, 2.45) is 0 Å². The van der Waals surface area contributed by atoms with Gasteiger partial charge in [-0.3, -0.25) is 0 Å². The second kappa shape index (κ2) is 6.97. The Labute approximate surface area is 186 Å². The van der Waals surface area contributed by atoms with E-state index in [-0.39, 0.29) is 11.1 Å². The third-order valence-electron chi connectivity index (χ3n) is 6.23. The lowest BCUT2D eigenvalue weighted by atomic mass is 9.77. The van der Waals surface area contributed by atoms with Gasteiger partial charge in [0, 0.05) is 17.0 Å². The molecule has 0 radical (unpaired) electrons. The standard InChI is InChI=1S/C27H16F3NO2/c28-27(29,30)19-11-5-3-9-17(19)23-22-16-8-2-1-7-15(16)13-14-20(22)31-25-18-10-4-6-12-21(18)33-26(32)24(23)25/h1-14,23,31H. The second-order valence-corrected chi connectivity index (χ2v) is 8.07. The molecule has 3 nitrogen and oxygen atoms in total. The predicted molar refractivity (Wildman–Crippen MR) is 122 cm³/mol. The SMILES string of the molecule is O=c1oc2ccccc2c2c1C(c1ccccc1C(F)(F)F)c1c(ccc3ccccc13)N2. The van der Waals surface area contributed by atoms with Crippen molar-refractivity contribution < 1.29 is 17.6 Å². The molecule has 2 heterocycles. The van der Waals surface area contributed by atoms with Gasteiger partial charge in [0.1, 0.15) is 5.58 Å². The first-order valence-electron chi connectivity index (χ1n) is 10.4. The van der Waals surface area contributed by atoms with Crippen LogP contribution in [-0.4, -0.2) is 0 Å². The molecule has 33 heavy (non-hydrogen) atoms. The van der Waals surface area contributed by atoms with Crippen molar-refractivity contribution >= 4 is 33.1 Å². The minimum atomic E-state index is -4.58. The summed E-state index contributed by atoms with van der Waals surface area (Å²) < 4.78 is 47.9. The summed E-state index contributed by atoms with van der Waals surface area (Å²) >= 11 is 0. The molecule has 1 atom stereocenters. The Bertz CT molecular complexity index is 1620. The maximum Gasteiger partial charge on any atom is 0.416 e. The van der Waals surface area contributed by atoms with E-state index in [1.807, 2.05) is 36.4 Å². The minimum Gasteiger partial charge on any atom is -0.422 e. The van der Waals surface area contributed by atoms with E-state index in [1.54, 1.807) is 30.3 Å². The lowest BCUT2D eigenvalue weighted by Gasteiger charge is -2.32. The van der Waals surface area contributed by atoms with Gasteiger partial charge in [-0.25, -0.2) is 4.79 Å². The van der Waals surface area contributed by atoms with Crippen LogP contribution in [0.1, 0.15) is 28.2 Å². The summed E-state index contributed by atoms with van der Waals surface area (Å²) in [5, 5.41) is 5.63. The maximum absolute atomic E-state index is 14.1. The van der Waals surface area contributed by atoms with Crippen LogP contribution < -0.4 is 10.9 Å². The van der Waals surface area contributed by atoms with Crippen molar-refractivity contribution in [3.63, 3.8) is 0 Å². The lowest BCUT2D eigenvalue weighted by molar-refractivity contribution is -0.138. The first-order chi connectivity index (χ1) is 15.9. The highest BCUT2D eigenvalue weighted by Gasteiger charge is 2.40. The Morgan fingerprint density at radius 3 is 2.27 bits per heavy atom. The molecule has 6 heteroatoms. The van der Waals surface area contributed by atoms with E-state index >= 15 is 0 Å². The fourth-order valence-corrected chi connectivity index (χ4v) is 4.87. The first-order valence-corrected chi connectivity index (χ1v) is 10.4. The Morgan fingerprint density at radius 2 is 1.45 bits per heavy atom. The normalized spacial score (nSPS) is 15.2. The van der Waals surface area contributed by atoms with Crippen LogP contribution in [-0.2, 0) is 6.18 Å². The average molecular weight is 443 g/mol. The molecule has 1 aliphatic heterocycles. The smallest absolute Gasteiger partial charge is 0.416 e. The number of nitrogens with one attached hydrogen (secondary N) is 1. The zero-order valence-electron chi connectivity index (χ0n) is 17.1. The van der Waals surface area contributed by atoms with Crippen molar-refractivity contribution in [2.45, 2.75) is 12.1 Å². The van der Waals surface area contributed by atoms with Crippen molar-refractivity contribution in [1.29, 1.82) is 0 Å². The van der Waals surface area contributed by atoms with Gasteiger partial charge in [-0.05, 0) is 46.2 Å². The summed E-state index contributed by atoms with van der Waals surface area (Å²) in [5.41, 5.74) is 0.916. The van der Waals surface area contributed by atoms with E-state index in [0.29, 0.717) is 27.9 Å². The second-order valence-electron chi connectivity index (χ2n) is 8.07. The Balaban J connectivity index is 1.79. The highest BCUT2D eigenvalue weighted by molar-refractivity contribution is 6.00. The fourth-order valence-electron chi connectivity index (χ4n) is 4.87. The predicted octanol–water partition coefficient (Wildman–Crippen LogP) is 7.20. The maximum atomic E-state index is 14.1. The van der Waals surface area contributed by atoms with Crippen LogP contribution in [0.4, 0.5) is 24.5 Å². The molecule has 0 spiro atoms. The summed E-state index contributed by atoms with van der Waals surface area (Å²) in [6, 6.07) is 23.7. The van der Waals surface area contributed by atoms with E-state index in [2.05, 4.69) is 5.32 Å². The van der Waals surface area contributed by atoms with E-state index in [0.717, 1.165) is 16.8 Å². The van der Waals surface area contributed by atoms with Crippen molar-refractivity contribution in [2.75, 3.05) is 5.32 Å². The van der Waals surface area contributed by atoms with Gasteiger partial charge in [0.25, 0.3) is 0 Å². The number of benzene rings is 4. The van der Waals surface area contributed by atoms with Crippen LogP contribution in [0.15, 0.2) is 94.1 Å². The van der Waals surface area contributed by atoms with Crippen LogP contribution in [0.25, 0.3) is 21.7 Å². The summed E-state index contributed by atoms with van der Waals surface area (Å²) in [5.74, 6) is -0.957. The highest BCUT2D eigenvalue weighted by Crippen LogP contribution is 2.50. The van der Waals surface area contributed by atoms with E-state index < -0.39 is 23.3 Å². The molecule has 5 aromatic rings. The monoisotopic (exact) mass is 443 g/mol. The van der Waals surface area contributed by atoms with Gasteiger partial charge in [-0.2, -0.15) is 13.2 Å². The van der Waals surface area contributed by atoms with Gasteiger partial charge >= 0.3 is 11.8 Å². The summed E-state index contributed by atoms with van der Waals surface area (Å²) in [6.45, 7) is 0. The number of para-hydroxylation sites is 1. The fraction of sp³-hybridized carbons (Fsp3) is 0.0741. The van der Waals surface area contributed by atoms with Gasteiger partial charge in [0.05, 0.1) is 16.8 Å². The van der Waals surface area contributed by atoms with Gasteiger partial charge in [0.2, 0.25) is 0 Å². The number of anilines is 2. The molecule has 4 aromatic carbocycles. The molecule has 162 valence electrons. The molecule has 0 saturated carbocycles. The number of halogens is 3. The van der Waals surface area contributed by atoms with Crippen LogP contribution in [0, 0.1) is 0 Å². The summed E-state index contributed by atoms with van der Waals surface area (Å²) in [7, 11) is 0. The molecular formula is C27H16F3NO2. The molecule has 0 aliphatic carbocycles.